The van der Waals surface area contributed by atoms with Crippen molar-refractivity contribution in [1.29, 1.82) is 0 Å². The zero-order valence-corrected chi connectivity index (χ0v) is 8.04. The molecule has 12 heavy (non-hydrogen) atoms. The third-order valence-corrected chi connectivity index (χ3v) is 1.54. The average molecular weight is 174 g/mol. The molecule has 0 heterocycles. The lowest BCUT2D eigenvalue weighted by molar-refractivity contribution is -0.131. The van der Waals surface area contributed by atoms with Crippen molar-refractivity contribution in [1.82, 2.24) is 4.90 Å². The number of rotatable bonds is 5. The minimum Gasteiger partial charge on any atom is -0.380 e. The van der Waals surface area contributed by atoms with Crippen LogP contribution in [0.3, 0.4) is 0 Å². The van der Waals surface area contributed by atoms with E-state index >= 15 is 0 Å². The predicted octanol–water partition coefficient (Wildman–Crippen LogP) is -0.171. The number of hydrogen-bond donors (Lipinski definition) is 1. The number of carbonyl (C=O) groups excluding carboxylic acids is 1. The fourth-order valence-corrected chi connectivity index (χ4v) is 0.804. The third-order valence-electron chi connectivity index (χ3n) is 1.54. The lowest BCUT2D eigenvalue weighted by Gasteiger charge is -2.18. The zero-order chi connectivity index (χ0) is 9.56. The molecular weight excluding hydrogens is 156 g/mol. The SMILES string of the molecule is CCOCCN(C)C(=O)C(C)N. The van der Waals surface area contributed by atoms with E-state index in [9.17, 15) is 4.79 Å². The molecule has 0 fully saturated rings. The summed E-state index contributed by atoms with van der Waals surface area (Å²) in [4.78, 5) is 12.8. The fourth-order valence-electron chi connectivity index (χ4n) is 0.804. The van der Waals surface area contributed by atoms with E-state index in [1.807, 2.05) is 6.92 Å². The number of carbonyl (C=O) groups is 1. The Kier molecular flexibility index (Phi) is 5.66. The molecule has 1 unspecified atom stereocenters. The van der Waals surface area contributed by atoms with Crippen LogP contribution in [0.25, 0.3) is 0 Å². The molecule has 4 heteroatoms. The second kappa shape index (κ2) is 5.97. The van der Waals surface area contributed by atoms with Gasteiger partial charge in [-0.1, -0.05) is 0 Å². The molecule has 0 saturated carbocycles. The van der Waals surface area contributed by atoms with Crippen LogP contribution in [0.4, 0.5) is 0 Å². The van der Waals surface area contributed by atoms with E-state index in [1.165, 1.54) is 0 Å². The number of nitrogens with two attached hydrogens (primary N) is 1. The maximum atomic E-state index is 11.2. The molecule has 1 amide bonds. The summed E-state index contributed by atoms with van der Waals surface area (Å²) in [5.74, 6) is -0.0466. The lowest BCUT2D eigenvalue weighted by Crippen LogP contribution is -2.41. The molecular formula is C8H18N2O2. The fraction of sp³-hybridized carbons (Fsp3) is 0.875. The molecule has 72 valence electrons. The van der Waals surface area contributed by atoms with Gasteiger partial charge in [0.25, 0.3) is 0 Å². The smallest absolute Gasteiger partial charge is 0.239 e. The van der Waals surface area contributed by atoms with Gasteiger partial charge in [-0.3, -0.25) is 4.79 Å². The monoisotopic (exact) mass is 174 g/mol. The first-order valence-electron chi connectivity index (χ1n) is 4.17. The van der Waals surface area contributed by atoms with Gasteiger partial charge < -0.3 is 15.4 Å². The molecule has 0 radical (unpaired) electrons. The minimum atomic E-state index is -0.420. The summed E-state index contributed by atoms with van der Waals surface area (Å²) in [7, 11) is 1.73. The molecule has 0 spiro atoms. The van der Waals surface area contributed by atoms with E-state index in [0.717, 1.165) is 0 Å². The Morgan fingerprint density at radius 2 is 2.25 bits per heavy atom. The molecule has 0 aromatic rings. The van der Waals surface area contributed by atoms with Crippen LogP contribution in [0.15, 0.2) is 0 Å². The quantitative estimate of drug-likeness (QED) is 0.589. The molecule has 4 nitrogen and oxygen atoms in total. The van der Waals surface area contributed by atoms with E-state index in [-0.39, 0.29) is 5.91 Å². The van der Waals surface area contributed by atoms with Crippen LogP contribution in [0, 0.1) is 0 Å². The maximum absolute atomic E-state index is 11.2. The standard InChI is InChI=1S/C8H18N2O2/c1-4-12-6-5-10(3)8(11)7(2)9/h7H,4-6,9H2,1-3H3. The van der Waals surface area contributed by atoms with Crippen molar-refractivity contribution in [2.24, 2.45) is 5.73 Å². The molecule has 0 aliphatic carbocycles. The minimum absolute atomic E-state index is 0.0466. The van der Waals surface area contributed by atoms with Crippen LogP contribution >= 0.6 is 0 Å². The molecule has 0 aromatic carbocycles. The Bertz CT molecular complexity index is 137. The molecule has 0 saturated heterocycles. The van der Waals surface area contributed by atoms with Gasteiger partial charge in [-0.15, -0.1) is 0 Å². The zero-order valence-electron chi connectivity index (χ0n) is 8.04. The predicted molar refractivity (Wildman–Crippen MR) is 47.8 cm³/mol. The second-order valence-corrected chi connectivity index (χ2v) is 2.75. The molecule has 0 bridgehead atoms. The first-order valence-corrected chi connectivity index (χ1v) is 4.17. The topological polar surface area (TPSA) is 55.6 Å². The van der Waals surface area contributed by atoms with Gasteiger partial charge >= 0.3 is 0 Å². The maximum Gasteiger partial charge on any atom is 0.239 e. The van der Waals surface area contributed by atoms with Crippen LogP contribution in [0.5, 0.6) is 0 Å². The number of amides is 1. The first-order chi connectivity index (χ1) is 5.59. The van der Waals surface area contributed by atoms with Gasteiger partial charge in [-0.2, -0.15) is 0 Å². The Morgan fingerprint density at radius 3 is 2.67 bits per heavy atom. The van der Waals surface area contributed by atoms with Gasteiger partial charge in [0, 0.05) is 20.2 Å². The van der Waals surface area contributed by atoms with E-state index < -0.39 is 6.04 Å². The summed E-state index contributed by atoms with van der Waals surface area (Å²) in [5, 5.41) is 0. The van der Waals surface area contributed by atoms with Crippen LogP contribution in [0.1, 0.15) is 13.8 Å². The molecule has 0 aromatic heterocycles. The van der Waals surface area contributed by atoms with Gasteiger partial charge in [0.15, 0.2) is 0 Å². The summed E-state index contributed by atoms with van der Waals surface area (Å²) in [6.07, 6.45) is 0. The molecule has 2 N–H and O–H groups in total. The van der Waals surface area contributed by atoms with Crippen molar-refractivity contribution < 1.29 is 9.53 Å². The van der Waals surface area contributed by atoms with E-state index in [4.69, 9.17) is 10.5 Å². The molecule has 0 aliphatic heterocycles. The third kappa shape index (κ3) is 4.31. The highest BCUT2D eigenvalue weighted by Crippen LogP contribution is 1.88. The van der Waals surface area contributed by atoms with Crippen LogP contribution in [-0.2, 0) is 9.53 Å². The van der Waals surface area contributed by atoms with E-state index in [1.54, 1.807) is 18.9 Å². The summed E-state index contributed by atoms with van der Waals surface area (Å²) >= 11 is 0. The van der Waals surface area contributed by atoms with Crippen molar-refractivity contribution in [2.75, 3.05) is 26.8 Å². The van der Waals surface area contributed by atoms with Gasteiger partial charge in [0.2, 0.25) is 5.91 Å². The Balaban J connectivity index is 3.57. The van der Waals surface area contributed by atoms with Crippen LogP contribution in [-0.4, -0.2) is 43.7 Å². The van der Waals surface area contributed by atoms with Crippen LogP contribution < -0.4 is 5.73 Å². The molecule has 0 rings (SSSR count). The highest BCUT2D eigenvalue weighted by Gasteiger charge is 2.11. The highest BCUT2D eigenvalue weighted by molar-refractivity contribution is 5.80. The summed E-state index contributed by atoms with van der Waals surface area (Å²) in [6.45, 7) is 5.47. The first kappa shape index (κ1) is 11.4. The van der Waals surface area contributed by atoms with Gasteiger partial charge in [-0.05, 0) is 13.8 Å². The average Bonchev–Trinajstić information content (AvgIpc) is 2.03. The highest BCUT2D eigenvalue weighted by atomic mass is 16.5. The van der Waals surface area contributed by atoms with Crippen molar-refractivity contribution in [2.45, 2.75) is 19.9 Å². The number of likely N-dealkylation sites (N-methyl/N-ethyl adjacent to an activating group) is 1. The van der Waals surface area contributed by atoms with E-state index in [0.29, 0.717) is 19.8 Å². The Hall–Kier alpha value is -0.610. The van der Waals surface area contributed by atoms with Crippen molar-refractivity contribution in [3.63, 3.8) is 0 Å². The summed E-state index contributed by atoms with van der Waals surface area (Å²) < 4.78 is 5.10. The van der Waals surface area contributed by atoms with Crippen molar-refractivity contribution >= 4 is 5.91 Å². The normalized spacial score (nSPS) is 12.7. The van der Waals surface area contributed by atoms with E-state index in [2.05, 4.69) is 0 Å². The Morgan fingerprint density at radius 1 is 1.67 bits per heavy atom. The second-order valence-electron chi connectivity index (χ2n) is 2.75. The summed E-state index contributed by atoms with van der Waals surface area (Å²) in [6, 6.07) is -0.420. The van der Waals surface area contributed by atoms with Gasteiger partial charge in [0.1, 0.15) is 0 Å². The lowest BCUT2D eigenvalue weighted by atomic mass is 10.3. The Labute approximate surface area is 73.7 Å². The number of hydrogen-bond acceptors (Lipinski definition) is 3. The summed E-state index contributed by atoms with van der Waals surface area (Å²) in [5.41, 5.74) is 5.41. The van der Waals surface area contributed by atoms with Gasteiger partial charge in [-0.25, -0.2) is 0 Å². The number of ether oxygens (including phenoxy) is 1. The van der Waals surface area contributed by atoms with Crippen LogP contribution in [0.2, 0.25) is 0 Å². The van der Waals surface area contributed by atoms with Gasteiger partial charge in [0.05, 0.1) is 12.6 Å². The largest absolute Gasteiger partial charge is 0.380 e. The van der Waals surface area contributed by atoms with Crippen molar-refractivity contribution in [3.8, 4) is 0 Å². The van der Waals surface area contributed by atoms with Crippen molar-refractivity contribution in [3.05, 3.63) is 0 Å². The number of nitrogens with zero attached hydrogens (tertiary/aromatic N) is 1. The molecule has 0 aliphatic rings. The molecule has 1 atom stereocenters.